The smallest absolute Gasteiger partial charge is 0.463 e. The number of nitrogen functional groups attached to an aromatic ring is 1. The van der Waals surface area contributed by atoms with Crippen molar-refractivity contribution < 1.29 is 32.9 Å². The maximum Gasteiger partial charge on any atom is 0.509 e. The van der Waals surface area contributed by atoms with Gasteiger partial charge < -0.3 is 24.7 Å². The molecule has 0 bridgehead atoms. The van der Waals surface area contributed by atoms with Crippen LogP contribution in [0.3, 0.4) is 0 Å². The highest BCUT2D eigenvalue weighted by atomic mass is 35.5. The zero-order valence-electron chi connectivity index (χ0n) is 20.3. The van der Waals surface area contributed by atoms with Gasteiger partial charge in [-0.2, -0.15) is 9.97 Å². The summed E-state index contributed by atoms with van der Waals surface area (Å²) in [5.41, 5.74) is 6.14. The highest BCUT2D eigenvalue weighted by molar-refractivity contribution is 6.28. The van der Waals surface area contributed by atoms with Gasteiger partial charge in [-0.05, 0) is 50.4 Å². The van der Waals surface area contributed by atoms with Crippen molar-refractivity contribution >= 4 is 40.7 Å². The van der Waals surface area contributed by atoms with Crippen LogP contribution in [-0.2, 0) is 30.2 Å². The van der Waals surface area contributed by atoms with Crippen LogP contribution in [0.4, 0.5) is 15.0 Å². The Hall–Kier alpha value is -3.58. The summed E-state index contributed by atoms with van der Waals surface area (Å²) < 4.78 is 38.6. The van der Waals surface area contributed by atoms with Gasteiger partial charge in [0, 0.05) is 18.8 Å². The molecule has 1 fully saturated rings. The maximum atomic E-state index is 15.7. The topological polar surface area (TPSA) is 154 Å². The highest BCUT2D eigenvalue weighted by Gasteiger charge is 2.50. The number of anilines is 1. The van der Waals surface area contributed by atoms with E-state index in [0.717, 1.165) is 5.56 Å². The third-order valence-electron chi connectivity index (χ3n) is 5.33. The maximum absolute atomic E-state index is 15.7. The van der Waals surface area contributed by atoms with Crippen LogP contribution >= 0.6 is 11.6 Å². The van der Waals surface area contributed by atoms with E-state index in [1.807, 2.05) is 6.07 Å². The average molecular weight is 537 g/mol. The van der Waals surface area contributed by atoms with E-state index in [-0.39, 0.29) is 35.3 Å². The van der Waals surface area contributed by atoms with Crippen LogP contribution in [0, 0.1) is 0 Å². The molecule has 14 heteroatoms. The minimum absolute atomic E-state index is 0.00260. The van der Waals surface area contributed by atoms with Crippen LogP contribution in [0.5, 0.6) is 0 Å². The lowest BCUT2D eigenvalue weighted by Crippen LogP contribution is -2.38. The normalized spacial score (nSPS) is 21.6. The highest BCUT2D eigenvalue weighted by Crippen LogP contribution is 2.36. The number of nitrogens with two attached hydrogens (primary N) is 1. The molecule has 1 aliphatic heterocycles. The molecule has 4 rings (SSSR count). The molecule has 1 aliphatic rings. The molecule has 0 unspecified atom stereocenters. The van der Waals surface area contributed by atoms with E-state index >= 15 is 4.39 Å². The number of rotatable bonds is 7. The number of halogens is 2. The molecule has 0 radical (unpaired) electrons. The lowest BCUT2D eigenvalue weighted by Gasteiger charge is -2.23. The SMILES string of the molecule is CC(C)(C)OC(=O)O[C@H]1[C@H](F)[C@H](n2cnc3c(N)nc(Cl)nc32)O[C@@H]1COC(=O)CCc1cccnc1. The number of aromatic nitrogens is 5. The number of nitrogens with zero attached hydrogens (tertiary/aromatic N) is 5. The monoisotopic (exact) mass is 536 g/mol. The molecule has 0 aliphatic carbocycles. The van der Waals surface area contributed by atoms with E-state index in [4.69, 9.17) is 36.3 Å². The summed E-state index contributed by atoms with van der Waals surface area (Å²) in [6.07, 6.45) is -1.94. The second-order valence-corrected chi connectivity index (χ2v) is 9.64. The van der Waals surface area contributed by atoms with Crippen molar-refractivity contribution in [3.8, 4) is 0 Å². The van der Waals surface area contributed by atoms with Crippen molar-refractivity contribution in [1.82, 2.24) is 24.5 Å². The number of ether oxygens (including phenoxy) is 4. The Labute approximate surface area is 216 Å². The van der Waals surface area contributed by atoms with Gasteiger partial charge in [0.1, 0.15) is 23.8 Å². The minimum atomic E-state index is -1.90. The van der Waals surface area contributed by atoms with Crippen LogP contribution in [0.15, 0.2) is 30.9 Å². The second-order valence-electron chi connectivity index (χ2n) is 9.30. The number of carbonyl (C=O) groups excluding carboxylic acids is 2. The van der Waals surface area contributed by atoms with Crippen LogP contribution in [0.1, 0.15) is 39.0 Å². The van der Waals surface area contributed by atoms with E-state index in [0.29, 0.717) is 6.42 Å². The first-order chi connectivity index (χ1) is 17.5. The number of aryl methyl sites for hydroxylation is 1. The van der Waals surface area contributed by atoms with Crippen molar-refractivity contribution in [3.05, 3.63) is 41.7 Å². The van der Waals surface area contributed by atoms with Gasteiger partial charge >= 0.3 is 12.1 Å². The first-order valence-corrected chi connectivity index (χ1v) is 11.8. The second kappa shape index (κ2) is 10.8. The van der Waals surface area contributed by atoms with Crippen LogP contribution in [0.25, 0.3) is 11.2 Å². The Morgan fingerprint density at radius 2 is 2.08 bits per heavy atom. The molecular formula is C23H26ClFN6O6. The predicted molar refractivity (Wildman–Crippen MR) is 128 cm³/mol. The summed E-state index contributed by atoms with van der Waals surface area (Å²) in [4.78, 5) is 40.7. The van der Waals surface area contributed by atoms with Crippen molar-refractivity contribution in [2.45, 2.75) is 63.8 Å². The number of hydrogen-bond donors (Lipinski definition) is 1. The fraction of sp³-hybridized carbons (Fsp3) is 0.478. The van der Waals surface area contributed by atoms with Gasteiger partial charge in [0.15, 0.2) is 30.0 Å². The zero-order valence-corrected chi connectivity index (χ0v) is 21.1. The molecule has 1 saturated heterocycles. The van der Waals surface area contributed by atoms with Crippen molar-refractivity contribution in [2.24, 2.45) is 0 Å². The van der Waals surface area contributed by atoms with Gasteiger partial charge in [-0.3, -0.25) is 14.3 Å². The number of alkyl halides is 1. The summed E-state index contributed by atoms with van der Waals surface area (Å²) in [7, 11) is 0. The third-order valence-corrected chi connectivity index (χ3v) is 5.50. The predicted octanol–water partition coefficient (Wildman–Crippen LogP) is 3.19. The van der Waals surface area contributed by atoms with E-state index < -0.39 is 42.3 Å². The lowest BCUT2D eigenvalue weighted by atomic mass is 10.1. The molecule has 3 aromatic heterocycles. The number of fused-ring (bicyclic) bond motifs is 1. The van der Waals surface area contributed by atoms with Gasteiger partial charge in [0.05, 0.1) is 6.33 Å². The fourth-order valence-corrected chi connectivity index (χ4v) is 3.89. The quantitative estimate of drug-likeness (QED) is 0.349. The average Bonchev–Trinajstić information content (AvgIpc) is 3.37. The molecule has 12 nitrogen and oxygen atoms in total. The summed E-state index contributed by atoms with van der Waals surface area (Å²) in [6, 6.07) is 3.60. The summed E-state index contributed by atoms with van der Waals surface area (Å²) in [5, 5.41) is -0.166. The standard InChI is InChI=1S/C23H26ClFN6O6/c1-23(2,3)37-22(33)36-17-13(10-34-14(32)7-6-12-5-4-8-27-9-12)35-20(15(17)25)31-11-28-16-18(26)29-21(24)30-19(16)31/h4-5,8-9,11,13,15,17,20H,6-7,10H2,1-3H3,(H2,26,29,30)/t13-,15+,17-,20-/m1/s1. The molecule has 37 heavy (non-hydrogen) atoms. The summed E-state index contributed by atoms with van der Waals surface area (Å²) in [5.74, 6) is -0.537. The molecule has 0 spiro atoms. The Balaban J connectivity index is 1.50. The first kappa shape index (κ1) is 26.5. The van der Waals surface area contributed by atoms with Gasteiger partial charge in [0.2, 0.25) is 5.28 Å². The fourth-order valence-electron chi connectivity index (χ4n) is 3.71. The molecule has 4 atom stereocenters. The van der Waals surface area contributed by atoms with E-state index in [2.05, 4.69) is 19.9 Å². The van der Waals surface area contributed by atoms with Gasteiger partial charge in [-0.25, -0.2) is 14.2 Å². The summed E-state index contributed by atoms with van der Waals surface area (Å²) in [6.45, 7) is 4.55. The molecule has 198 valence electrons. The third kappa shape index (κ3) is 6.41. The van der Waals surface area contributed by atoms with Crippen LogP contribution in [0.2, 0.25) is 5.28 Å². The molecule has 2 N–H and O–H groups in total. The van der Waals surface area contributed by atoms with Crippen LogP contribution < -0.4 is 5.73 Å². The molecule has 3 aromatic rings. The number of imidazole rings is 1. The van der Waals surface area contributed by atoms with Crippen LogP contribution in [-0.4, -0.2) is 67.2 Å². The minimum Gasteiger partial charge on any atom is -0.463 e. The van der Waals surface area contributed by atoms with Gasteiger partial charge in [0.25, 0.3) is 0 Å². The number of carbonyl (C=O) groups is 2. The Morgan fingerprint density at radius 3 is 2.78 bits per heavy atom. The van der Waals surface area contributed by atoms with Gasteiger partial charge in [-0.1, -0.05) is 6.07 Å². The summed E-state index contributed by atoms with van der Waals surface area (Å²) >= 11 is 5.92. The number of esters is 1. The molecule has 4 heterocycles. The Kier molecular flexibility index (Phi) is 7.73. The van der Waals surface area contributed by atoms with E-state index in [1.54, 1.807) is 39.2 Å². The number of pyridine rings is 1. The molecule has 0 amide bonds. The van der Waals surface area contributed by atoms with Crippen molar-refractivity contribution in [1.29, 1.82) is 0 Å². The first-order valence-electron chi connectivity index (χ1n) is 11.4. The lowest BCUT2D eigenvalue weighted by molar-refractivity contribution is -0.150. The van der Waals surface area contributed by atoms with Crippen molar-refractivity contribution in [2.75, 3.05) is 12.3 Å². The zero-order chi connectivity index (χ0) is 26.7. The Morgan fingerprint density at radius 1 is 1.30 bits per heavy atom. The molecular weight excluding hydrogens is 511 g/mol. The largest absolute Gasteiger partial charge is 0.509 e. The van der Waals surface area contributed by atoms with E-state index in [1.165, 1.54) is 10.9 Å². The molecule has 0 aromatic carbocycles. The Bertz CT molecular complexity index is 1270. The van der Waals surface area contributed by atoms with Crippen molar-refractivity contribution in [3.63, 3.8) is 0 Å². The van der Waals surface area contributed by atoms with Gasteiger partial charge in [-0.15, -0.1) is 0 Å². The molecule has 0 saturated carbocycles. The number of hydrogen-bond acceptors (Lipinski definition) is 11. The van der Waals surface area contributed by atoms with E-state index in [9.17, 15) is 9.59 Å².